The lowest BCUT2D eigenvalue weighted by Gasteiger charge is -2.41. The quantitative estimate of drug-likeness (QED) is 0.205. The molecule has 4 heteroatoms. The number of para-hydroxylation sites is 4. The van der Waals surface area contributed by atoms with E-state index in [2.05, 4.69) is 114 Å². The smallest absolute Gasteiger partial charge is 0.193 e. The van der Waals surface area contributed by atoms with Crippen molar-refractivity contribution in [2.75, 3.05) is 9.80 Å². The Morgan fingerprint density at radius 1 is 0.595 bits per heavy atom. The molecule has 5 aromatic rings. The number of Topliss-reactive ketones (excluding diaryl/α,β-unsaturated/α-hetero) is 1. The van der Waals surface area contributed by atoms with E-state index in [1.165, 1.54) is 0 Å². The fourth-order valence-corrected chi connectivity index (χ4v) is 7.38. The second kappa shape index (κ2) is 10.9. The minimum absolute atomic E-state index is 0.0972. The lowest BCUT2D eigenvalue weighted by molar-refractivity contribution is 0.102. The molecule has 1 atom stereocenters. The summed E-state index contributed by atoms with van der Waals surface area (Å²) in [4.78, 5) is 20.0. The normalized spacial score (nSPS) is 17.4. The van der Waals surface area contributed by atoms with Crippen LogP contribution < -0.4 is 9.80 Å². The number of hydrogen-bond acceptors (Lipinski definition) is 4. The van der Waals surface area contributed by atoms with Crippen molar-refractivity contribution in [2.24, 2.45) is 0 Å². The van der Waals surface area contributed by atoms with Crippen molar-refractivity contribution in [3.63, 3.8) is 0 Å². The van der Waals surface area contributed by atoms with Gasteiger partial charge in [0.25, 0.3) is 0 Å². The monoisotopic (exact) mass is 562 g/mol. The van der Waals surface area contributed by atoms with Crippen molar-refractivity contribution in [1.29, 1.82) is 0 Å². The molecule has 0 bridgehead atoms. The molecule has 2 aliphatic rings. The Morgan fingerprint density at radius 2 is 1.07 bits per heavy atom. The number of hydrogen-bond donors (Lipinski definition) is 0. The van der Waals surface area contributed by atoms with Crippen molar-refractivity contribution >= 4 is 46.0 Å². The molecule has 1 aliphatic heterocycles. The van der Waals surface area contributed by atoms with Crippen molar-refractivity contribution in [1.82, 2.24) is 0 Å². The van der Waals surface area contributed by atoms with Gasteiger partial charge in [-0.05, 0) is 86.2 Å². The molecular weight excluding hydrogens is 532 g/mol. The largest absolute Gasteiger partial charge is 0.310 e. The van der Waals surface area contributed by atoms with Crippen LogP contribution in [0.25, 0.3) is 0 Å². The van der Waals surface area contributed by atoms with Gasteiger partial charge in [-0.25, -0.2) is 0 Å². The number of carbonyl (C=O) groups is 1. The maximum atomic E-state index is 14.5. The molecule has 3 nitrogen and oxygen atoms in total. The zero-order chi connectivity index (χ0) is 28.5. The molecule has 0 spiro atoms. The molecule has 0 aromatic heterocycles. The standard InChI is InChI=1S/C38H30N2OS/c1-38-26-14-23-34(40(30-19-10-4-11-20-30)31-21-12-5-13-22-31)36(38)37(41)33-25-24-32(27-35(33)42-38)39(28-15-6-2-7-16-28)29-17-8-3-9-18-29/h2-25,27H,26H2,1H3. The second-order valence-corrected chi connectivity index (χ2v) is 12.3. The number of allylic oxidation sites excluding steroid dienone is 2. The first-order valence-electron chi connectivity index (χ1n) is 14.2. The van der Waals surface area contributed by atoms with Crippen LogP contribution in [0, 0.1) is 0 Å². The summed E-state index contributed by atoms with van der Waals surface area (Å²) in [6, 6.07) is 47.7. The molecule has 5 aromatic carbocycles. The van der Waals surface area contributed by atoms with Gasteiger partial charge in [-0.3, -0.25) is 4.79 Å². The molecule has 0 fully saturated rings. The number of thioether (sulfide) groups is 1. The van der Waals surface area contributed by atoms with Crippen molar-refractivity contribution in [3.8, 4) is 0 Å². The molecule has 1 heterocycles. The number of rotatable bonds is 6. The van der Waals surface area contributed by atoms with Gasteiger partial charge in [0.2, 0.25) is 0 Å². The molecule has 204 valence electrons. The third kappa shape index (κ3) is 4.64. The number of anilines is 5. The second-order valence-electron chi connectivity index (χ2n) is 10.7. The lowest BCUT2D eigenvalue weighted by Crippen LogP contribution is -2.37. The summed E-state index contributed by atoms with van der Waals surface area (Å²) in [5.41, 5.74) is 7.78. The topological polar surface area (TPSA) is 23.6 Å². The Bertz CT molecular complexity index is 1720. The first-order valence-corrected chi connectivity index (χ1v) is 15.0. The van der Waals surface area contributed by atoms with Crippen LogP contribution in [0.15, 0.2) is 168 Å². The van der Waals surface area contributed by atoms with Crippen LogP contribution >= 0.6 is 11.8 Å². The van der Waals surface area contributed by atoms with Crippen LogP contribution in [-0.4, -0.2) is 10.5 Å². The Kier molecular flexibility index (Phi) is 6.77. The number of carbonyl (C=O) groups excluding carboxylic acids is 1. The maximum Gasteiger partial charge on any atom is 0.193 e. The van der Waals surface area contributed by atoms with Gasteiger partial charge in [-0.2, -0.15) is 0 Å². The van der Waals surface area contributed by atoms with Crippen LogP contribution in [0.2, 0.25) is 0 Å². The number of benzene rings is 5. The Balaban J connectivity index is 1.37. The Morgan fingerprint density at radius 3 is 1.57 bits per heavy atom. The average molecular weight is 563 g/mol. The highest BCUT2D eigenvalue weighted by Gasteiger charge is 2.44. The fraction of sp³-hybridized carbons (Fsp3) is 0.0789. The number of ketones is 1. The third-order valence-corrected chi connectivity index (χ3v) is 9.28. The van der Waals surface area contributed by atoms with E-state index in [0.717, 1.165) is 56.6 Å². The van der Waals surface area contributed by atoms with Crippen LogP contribution in [0.1, 0.15) is 23.7 Å². The van der Waals surface area contributed by atoms with Crippen LogP contribution in [0.4, 0.5) is 28.4 Å². The molecule has 0 radical (unpaired) electrons. The molecular formula is C38H30N2OS. The van der Waals surface area contributed by atoms with E-state index in [1.807, 2.05) is 54.6 Å². The minimum atomic E-state index is -0.404. The number of fused-ring (bicyclic) bond motifs is 2. The summed E-state index contributed by atoms with van der Waals surface area (Å²) in [5.74, 6) is 0.0972. The first kappa shape index (κ1) is 26.1. The van der Waals surface area contributed by atoms with Gasteiger partial charge in [-0.1, -0.05) is 78.9 Å². The van der Waals surface area contributed by atoms with E-state index in [0.29, 0.717) is 0 Å². The van der Waals surface area contributed by atoms with Gasteiger partial charge in [0, 0.05) is 44.5 Å². The van der Waals surface area contributed by atoms with E-state index >= 15 is 0 Å². The van der Waals surface area contributed by atoms with E-state index < -0.39 is 4.75 Å². The molecule has 1 unspecified atom stereocenters. The van der Waals surface area contributed by atoms with Crippen LogP contribution in [0.5, 0.6) is 0 Å². The molecule has 0 amide bonds. The van der Waals surface area contributed by atoms with Crippen LogP contribution in [-0.2, 0) is 0 Å². The average Bonchev–Trinajstić information content (AvgIpc) is 3.03. The van der Waals surface area contributed by atoms with Gasteiger partial charge in [0.05, 0.1) is 10.4 Å². The summed E-state index contributed by atoms with van der Waals surface area (Å²) in [6.07, 6.45) is 5.12. The summed E-state index contributed by atoms with van der Waals surface area (Å²) < 4.78 is -0.404. The Hall–Kier alpha value is -4.80. The summed E-state index contributed by atoms with van der Waals surface area (Å²) in [6.45, 7) is 2.21. The van der Waals surface area contributed by atoms with Gasteiger partial charge < -0.3 is 9.80 Å². The highest BCUT2D eigenvalue weighted by molar-refractivity contribution is 8.01. The fourth-order valence-electron chi connectivity index (χ4n) is 5.97. The summed E-state index contributed by atoms with van der Waals surface area (Å²) in [5, 5.41) is 0. The van der Waals surface area contributed by atoms with E-state index in [1.54, 1.807) is 11.8 Å². The van der Waals surface area contributed by atoms with Gasteiger partial charge in [0.15, 0.2) is 5.78 Å². The highest BCUT2D eigenvalue weighted by Crippen LogP contribution is 2.53. The van der Waals surface area contributed by atoms with Gasteiger partial charge >= 0.3 is 0 Å². The van der Waals surface area contributed by atoms with E-state index in [9.17, 15) is 4.79 Å². The van der Waals surface area contributed by atoms with Crippen molar-refractivity contribution < 1.29 is 4.79 Å². The predicted molar refractivity (Wildman–Crippen MR) is 176 cm³/mol. The molecule has 7 rings (SSSR count). The zero-order valence-corrected chi connectivity index (χ0v) is 24.2. The van der Waals surface area contributed by atoms with E-state index in [-0.39, 0.29) is 5.78 Å². The Labute approximate surface area is 251 Å². The minimum Gasteiger partial charge on any atom is -0.310 e. The molecule has 0 saturated heterocycles. The van der Waals surface area contributed by atoms with E-state index in [4.69, 9.17) is 0 Å². The van der Waals surface area contributed by atoms with Crippen molar-refractivity contribution in [2.45, 2.75) is 23.0 Å². The van der Waals surface area contributed by atoms with Crippen molar-refractivity contribution in [3.05, 3.63) is 169 Å². The predicted octanol–water partition coefficient (Wildman–Crippen LogP) is 10.3. The third-order valence-electron chi connectivity index (χ3n) is 7.90. The van der Waals surface area contributed by atoms with Gasteiger partial charge in [-0.15, -0.1) is 11.8 Å². The summed E-state index contributed by atoms with van der Waals surface area (Å²) >= 11 is 1.80. The van der Waals surface area contributed by atoms with Crippen LogP contribution in [0.3, 0.4) is 0 Å². The lowest BCUT2D eigenvalue weighted by atomic mass is 9.83. The molecule has 0 saturated carbocycles. The highest BCUT2D eigenvalue weighted by atomic mass is 32.2. The SMILES string of the molecule is CC12CC=CC(N(c3ccccc3)c3ccccc3)=C1C(=O)c1ccc(N(c3ccccc3)c3ccccc3)cc1S2. The maximum absolute atomic E-state index is 14.5. The molecule has 1 aliphatic carbocycles. The first-order chi connectivity index (χ1) is 20.6. The summed E-state index contributed by atoms with van der Waals surface area (Å²) in [7, 11) is 0. The zero-order valence-electron chi connectivity index (χ0n) is 23.4. The molecule has 42 heavy (non-hydrogen) atoms. The van der Waals surface area contributed by atoms with Gasteiger partial charge in [0.1, 0.15) is 0 Å². The molecule has 0 N–H and O–H groups in total. The number of nitrogens with zero attached hydrogens (tertiary/aromatic N) is 2.